The van der Waals surface area contributed by atoms with E-state index in [2.05, 4.69) is 10.9 Å². The van der Waals surface area contributed by atoms with Gasteiger partial charge in [-0.25, -0.2) is 5.43 Å². The predicted octanol–water partition coefficient (Wildman–Crippen LogP) is 2.13. The van der Waals surface area contributed by atoms with E-state index in [1.165, 1.54) is 0 Å². The fraction of sp³-hybridized carbons (Fsp3) is 0.500. The number of amides is 1. The molecule has 0 aliphatic carbocycles. The summed E-state index contributed by atoms with van der Waals surface area (Å²) >= 11 is 0. The number of carbonyl (C=O) groups excluding carboxylic acids is 2. The van der Waals surface area contributed by atoms with Gasteiger partial charge in [0.05, 0.1) is 12.5 Å². The van der Waals surface area contributed by atoms with Gasteiger partial charge in [-0.3, -0.25) is 15.0 Å². The van der Waals surface area contributed by atoms with E-state index in [1.54, 1.807) is 6.92 Å². The minimum Gasteiger partial charge on any atom is -0.466 e. The normalized spacial score (nSPS) is 16.6. The van der Waals surface area contributed by atoms with Crippen molar-refractivity contribution in [1.29, 1.82) is 0 Å². The average molecular weight is 290 g/mol. The van der Waals surface area contributed by atoms with Crippen molar-refractivity contribution in [1.82, 2.24) is 10.9 Å². The highest BCUT2D eigenvalue weighted by molar-refractivity contribution is 5.98. The lowest BCUT2D eigenvalue weighted by atomic mass is 9.81. The molecule has 21 heavy (non-hydrogen) atoms. The second kappa shape index (κ2) is 6.72. The van der Waals surface area contributed by atoms with Gasteiger partial charge in [-0.2, -0.15) is 0 Å². The molecular weight excluding hydrogens is 268 g/mol. The Morgan fingerprint density at radius 2 is 2.14 bits per heavy atom. The molecule has 0 fully saturated rings. The molecule has 0 saturated heterocycles. The Labute approximate surface area is 125 Å². The summed E-state index contributed by atoms with van der Waals surface area (Å²) in [6.07, 6.45) is 0.775. The van der Waals surface area contributed by atoms with E-state index in [4.69, 9.17) is 4.74 Å². The van der Waals surface area contributed by atoms with Crippen LogP contribution in [0.4, 0.5) is 0 Å². The highest BCUT2D eigenvalue weighted by Gasteiger charge is 2.30. The molecule has 5 nitrogen and oxygen atoms in total. The van der Waals surface area contributed by atoms with E-state index < -0.39 is 0 Å². The molecule has 2 rings (SSSR count). The van der Waals surface area contributed by atoms with Crippen LogP contribution in [0.5, 0.6) is 0 Å². The molecule has 1 aliphatic heterocycles. The summed E-state index contributed by atoms with van der Waals surface area (Å²) in [6, 6.07) is 5.81. The Bertz CT molecular complexity index is 542. The van der Waals surface area contributed by atoms with E-state index in [1.807, 2.05) is 32.0 Å². The maximum atomic E-state index is 12.2. The van der Waals surface area contributed by atoms with E-state index in [9.17, 15) is 9.59 Å². The molecule has 1 aliphatic rings. The van der Waals surface area contributed by atoms with E-state index in [0.29, 0.717) is 18.7 Å². The number of hydrogen-bond donors (Lipinski definition) is 2. The molecule has 5 heteroatoms. The fourth-order valence-electron chi connectivity index (χ4n) is 2.92. The minimum atomic E-state index is -0.274. The first-order valence-corrected chi connectivity index (χ1v) is 7.41. The zero-order valence-electron chi connectivity index (χ0n) is 12.7. The van der Waals surface area contributed by atoms with Crippen LogP contribution in [0.25, 0.3) is 0 Å². The van der Waals surface area contributed by atoms with Gasteiger partial charge in [0.2, 0.25) is 0 Å². The molecule has 114 valence electrons. The number of hydrazine groups is 1. The molecule has 0 saturated carbocycles. The Kier molecular flexibility index (Phi) is 4.96. The molecule has 0 spiro atoms. The number of carbonyl (C=O) groups is 2. The van der Waals surface area contributed by atoms with Crippen LogP contribution in [-0.2, 0) is 16.1 Å². The highest BCUT2D eigenvalue weighted by atomic mass is 16.5. The van der Waals surface area contributed by atoms with Crippen molar-refractivity contribution in [3.05, 3.63) is 34.9 Å². The first-order chi connectivity index (χ1) is 10.1. The van der Waals surface area contributed by atoms with Gasteiger partial charge in [0.25, 0.3) is 5.91 Å². The summed E-state index contributed by atoms with van der Waals surface area (Å²) in [4.78, 5) is 24.2. The van der Waals surface area contributed by atoms with Gasteiger partial charge >= 0.3 is 5.97 Å². The van der Waals surface area contributed by atoms with Crippen molar-refractivity contribution in [2.24, 2.45) is 5.92 Å². The molecule has 2 N–H and O–H groups in total. The lowest BCUT2D eigenvalue weighted by Crippen LogP contribution is -2.43. The number of rotatable bonds is 5. The number of ether oxygens (including phenoxy) is 1. The van der Waals surface area contributed by atoms with Gasteiger partial charge in [-0.05, 0) is 30.4 Å². The number of benzene rings is 1. The molecule has 0 unspecified atom stereocenters. The van der Waals surface area contributed by atoms with Gasteiger partial charge in [0, 0.05) is 12.1 Å². The number of esters is 1. The SMILES string of the molecule is CCOC(=O)[C@H](C)[C@@H](CC)c1cccc2c1C(=O)NNC2. The summed E-state index contributed by atoms with van der Waals surface area (Å²) in [5.41, 5.74) is 8.08. The second-order valence-corrected chi connectivity index (χ2v) is 5.24. The number of fused-ring (bicyclic) bond motifs is 1. The smallest absolute Gasteiger partial charge is 0.309 e. The molecule has 1 aromatic carbocycles. The standard InChI is InChI=1S/C16H22N2O3/c1-4-12(10(3)16(20)21-5-2)13-8-6-7-11-9-17-18-15(19)14(11)13/h6-8,10,12,17H,4-5,9H2,1-3H3,(H,18,19)/t10-,12-/m1/s1. The summed E-state index contributed by atoms with van der Waals surface area (Å²) in [5, 5.41) is 0. The molecule has 0 bridgehead atoms. The van der Waals surface area contributed by atoms with Crippen molar-refractivity contribution >= 4 is 11.9 Å². The summed E-state index contributed by atoms with van der Waals surface area (Å²) < 4.78 is 5.13. The lowest BCUT2D eigenvalue weighted by Gasteiger charge is -2.27. The van der Waals surface area contributed by atoms with Crippen LogP contribution in [0.2, 0.25) is 0 Å². The molecule has 1 heterocycles. The second-order valence-electron chi connectivity index (χ2n) is 5.24. The fourth-order valence-corrected chi connectivity index (χ4v) is 2.92. The zero-order chi connectivity index (χ0) is 15.4. The van der Waals surface area contributed by atoms with Crippen molar-refractivity contribution in [2.45, 2.75) is 39.7 Å². The van der Waals surface area contributed by atoms with E-state index in [0.717, 1.165) is 17.5 Å². The molecule has 0 radical (unpaired) electrons. The van der Waals surface area contributed by atoms with E-state index in [-0.39, 0.29) is 23.7 Å². The summed E-state index contributed by atoms with van der Waals surface area (Å²) in [6.45, 7) is 6.66. The summed E-state index contributed by atoms with van der Waals surface area (Å²) in [7, 11) is 0. The zero-order valence-corrected chi connectivity index (χ0v) is 12.7. The largest absolute Gasteiger partial charge is 0.466 e. The molecule has 1 amide bonds. The van der Waals surface area contributed by atoms with Gasteiger partial charge in [-0.1, -0.05) is 32.0 Å². The van der Waals surface area contributed by atoms with Gasteiger partial charge in [0.1, 0.15) is 0 Å². The van der Waals surface area contributed by atoms with Gasteiger partial charge in [0.15, 0.2) is 0 Å². The third-order valence-electron chi connectivity index (χ3n) is 3.99. The third-order valence-corrected chi connectivity index (χ3v) is 3.99. The highest BCUT2D eigenvalue weighted by Crippen LogP contribution is 2.33. The molecule has 0 aromatic heterocycles. The molecule has 1 aromatic rings. The van der Waals surface area contributed by atoms with Crippen molar-refractivity contribution in [3.63, 3.8) is 0 Å². The number of nitrogens with one attached hydrogen (secondary N) is 2. The Balaban J connectivity index is 2.39. The van der Waals surface area contributed by atoms with Crippen molar-refractivity contribution in [2.75, 3.05) is 6.61 Å². The van der Waals surface area contributed by atoms with Crippen LogP contribution < -0.4 is 10.9 Å². The van der Waals surface area contributed by atoms with Crippen LogP contribution >= 0.6 is 0 Å². The van der Waals surface area contributed by atoms with Crippen LogP contribution in [0, 0.1) is 5.92 Å². The van der Waals surface area contributed by atoms with Crippen molar-refractivity contribution < 1.29 is 14.3 Å². The first-order valence-electron chi connectivity index (χ1n) is 7.41. The Hall–Kier alpha value is -1.88. The maximum Gasteiger partial charge on any atom is 0.309 e. The van der Waals surface area contributed by atoms with E-state index >= 15 is 0 Å². The maximum absolute atomic E-state index is 12.2. The van der Waals surface area contributed by atoms with Gasteiger partial charge < -0.3 is 4.74 Å². The first kappa shape index (κ1) is 15.5. The molecular formula is C16H22N2O3. The quantitative estimate of drug-likeness (QED) is 0.815. The Morgan fingerprint density at radius 1 is 1.38 bits per heavy atom. The minimum absolute atomic E-state index is 0.0251. The summed E-state index contributed by atoms with van der Waals surface area (Å²) in [5.74, 6) is -0.648. The van der Waals surface area contributed by atoms with Crippen LogP contribution in [0.3, 0.4) is 0 Å². The lowest BCUT2D eigenvalue weighted by molar-refractivity contribution is -0.148. The van der Waals surface area contributed by atoms with Crippen molar-refractivity contribution in [3.8, 4) is 0 Å². The number of hydrogen-bond acceptors (Lipinski definition) is 4. The average Bonchev–Trinajstić information content (AvgIpc) is 2.48. The predicted molar refractivity (Wildman–Crippen MR) is 79.6 cm³/mol. The van der Waals surface area contributed by atoms with Gasteiger partial charge in [-0.15, -0.1) is 0 Å². The topological polar surface area (TPSA) is 67.4 Å². The van der Waals surface area contributed by atoms with Crippen LogP contribution in [-0.4, -0.2) is 18.5 Å². The monoisotopic (exact) mass is 290 g/mol. The van der Waals surface area contributed by atoms with Crippen LogP contribution in [0.15, 0.2) is 18.2 Å². The Morgan fingerprint density at radius 3 is 2.81 bits per heavy atom. The molecule has 2 atom stereocenters. The third kappa shape index (κ3) is 3.08. The van der Waals surface area contributed by atoms with Crippen LogP contribution in [0.1, 0.15) is 54.6 Å².